The maximum Gasteiger partial charge on any atom is 0.419 e. The van der Waals surface area contributed by atoms with Gasteiger partial charge in [-0.15, -0.1) is 5.10 Å². The number of piperazine rings is 1. The van der Waals surface area contributed by atoms with Crippen molar-refractivity contribution in [2.24, 2.45) is 7.05 Å². The Morgan fingerprint density at radius 3 is 2.49 bits per heavy atom. The molecule has 2 aliphatic heterocycles. The summed E-state index contributed by atoms with van der Waals surface area (Å²) in [6.45, 7) is 4.35. The van der Waals surface area contributed by atoms with Gasteiger partial charge in [0.15, 0.2) is 5.82 Å². The molecule has 49 heavy (non-hydrogen) atoms. The number of ether oxygens (including phenoxy) is 1. The largest absolute Gasteiger partial charge is 0.493 e. The lowest BCUT2D eigenvalue weighted by Gasteiger charge is -2.36. The van der Waals surface area contributed by atoms with Crippen molar-refractivity contribution < 1.29 is 37.0 Å². The number of nitrogens with zero attached hydrogens (tertiary/aromatic N) is 8. The molecule has 2 amide bonds. The molecule has 0 atom stereocenters. The number of carbonyl (C=O) groups excluding carboxylic acids is 2. The van der Waals surface area contributed by atoms with Gasteiger partial charge in [0.25, 0.3) is 11.5 Å². The van der Waals surface area contributed by atoms with Crippen LogP contribution in [0.1, 0.15) is 46.3 Å². The van der Waals surface area contributed by atoms with Gasteiger partial charge >= 0.3 is 6.18 Å². The first-order chi connectivity index (χ1) is 23.3. The minimum absolute atomic E-state index is 0.00627. The Morgan fingerprint density at radius 1 is 1.14 bits per heavy atom. The summed E-state index contributed by atoms with van der Waals surface area (Å²) >= 11 is 0. The maximum absolute atomic E-state index is 14.4. The molecule has 18 heteroatoms. The number of halogens is 4. The zero-order valence-electron chi connectivity index (χ0n) is 26.8. The van der Waals surface area contributed by atoms with Gasteiger partial charge in [0.2, 0.25) is 17.6 Å². The second-order valence-corrected chi connectivity index (χ2v) is 11.7. The Kier molecular flexibility index (Phi) is 8.91. The Bertz CT molecular complexity index is 2040. The van der Waals surface area contributed by atoms with Crippen LogP contribution in [0.5, 0.6) is 5.88 Å². The molecule has 0 saturated carbocycles. The van der Waals surface area contributed by atoms with E-state index in [1.165, 1.54) is 29.4 Å². The molecular weight excluding hydrogens is 654 g/mol. The Balaban J connectivity index is 1.36. The molecule has 6 rings (SSSR count). The van der Waals surface area contributed by atoms with Gasteiger partial charge in [-0.2, -0.15) is 27.8 Å². The predicted octanol–water partition coefficient (Wildman–Crippen LogP) is 2.76. The zero-order valence-corrected chi connectivity index (χ0v) is 26.8. The standard InChI is InChI=1S/C31H33F4N9O5/c1-4-23-25(41-7-9-42(10-8-41)28(47)19-15-36-40(3)27(19)46)29(48)44-30(38-26(39-44)18-5-11-49-12-6-18)43(23)16-24(45)37-22-14-21(32)20(13-17(22)2)31(33,34)35/h5,13-15,46H,4,6-12,16H2,1-3H3,(H,37,45). The van der Waals surface area contributed by atoms with Gasteiger partial charge in [0.05, 0.1) is 30.7 Å². The van der Waals surface area contributed by atoms with Crippen molar-refractivity contribution in [3.8, 4) is 5.88 Å². The SMILES string of the molecule is CCc1c(N2CCN(C(=O)c3cnn(C)c3O)CC2)c(=O)n2nc(C3=CCOCC3)nc2n1CC(=O)Nc1cc(F)c(C(F)(F)F)cc1C. The van der Waals surface area contributed by atoms with Gasteiger partial charge in [0.1, 0.15) is 23.6 Å². The number of hydrogen-bond acceptors (Lipinski definition) is 9. The Hall–Kier alpha value is -5.26. The van der Waals surface area contributed by atoms with Crippen LogP contribution in [0.3, 0.4) is 0 Å². The van der Waals surface area contributed by atoms with Crippen LogP contribution < -0.4 is 15.8 Å². The van der Waals surface area contributed by atoms with Crippen LogP contribution in [-0.2, 0) is 35.7 Å². The molecule has 5 heterocycles. The number of rotatable bonds is 7. The summed E-state index contributed by atoms with van der Waals surface area (Å²) in [5, 5.41) is 21.1. The number of hydrogen-bond donors (Lipinski definition) is 2. The molecule has 3 aromatic heterocycles. The normalized spacial score (nSPS) is 15.5. The van der Waals surface area contributed by atoms with E-state index in [-0.39, 0.29) is 72.6 Å². The van der Waals surface area contributed by atoms with Crippen LogP contribution >= 0.6 is 0 Å². The van der Waals surface area contributed by atoms with Gasteiger partial charge in [-0.25, -0.2) is 9.07 Å². The van der Waals surface area contributed by atoms with Gasteiger partial charge in [-0.1, -0.05) is 13.0 Å². The van der Waals surface area contributed by atoms with Crippen molar-refractivity contribution in [2.75, 3.05) is 49.6 Å². The number of fused-ring (bicyclic) bond motifs is 1. The number of alkyl halides is 3. The van der Waals surface area contributed by atoms with Gasteiger partial charge in [0, 0.05) is 38.9 Å². The average Bonchev–Trinajstić information content (AvgIpc) is 3.67. The molecule has 0 aliphatic carbocycles. The molecule has 0 radical (unpaired) electrons. The molecule has 1 fully saturated rings. The van der Waals surface area contributed by atoms with Crippen LogP contribution in [0.4, 0.5) is 28.9 Å². The quantitative estimate of drug-likeness (QED) is 0.280. The molecule has 4 aromatic rings. The third-order valence-corrected chi connectivity index (χ3v) is 8.63. The van der Waals surface area contributed by atoms with E-state index < -0.39 is 41.5 Å². The van der Waals surface area contributed by atoms with E-state index in [1.807, 2.05) is 0 Å². The summed E-state index contributed by atoms with van der Waals surface area (Å²) in [5.74, 6) is -2.55. The number of nitrogens with one attached hydrogen (secondary N) is 1. The average molecular weight is 688 g/mol. The molecule has 1 saturated heterocycles. The van der Waals surface area contributed by atoms with Crippen LogP contribution in [0, 0.1) is 12.7 Å². The number of benzene rings is 1. The summed E-state index contributed by atoms with van der Waals surface area (Å²) in [5.41, 5.74) is -0.568. The number of aryl methyl sites for hydroxylation is 2. The van der Waals surface area contributed by atoms with Gasteiger partial charge < -0.3 is 29.5 Å². The first kappa shape index (κ1) is 33.6. The minimum atomic E-state index is -4.91. The van der Waals surface area contributed by atoms with Crippen molar-refractivity contribution in [3.05, 3.63) is 68.8 Å². The highest BCUT2D eigenvalue weighted by Gasteiger charge is 2.35. The van der Waals surface area contributed by atoms with Crippen molar-refractivity contribution in [2.45, 2.75) is 39.4 Å². The summed E-state index contributed by atoms with van der Waals surface area (Å²) in [6.07, 6.45) is -1.05. The topological polar surface area (TPSA) is 152 Å². The van der Waals surface area contributed by atoms with Crippen molar-refractivity contribution >= 4 is 34.5 Å². The van der Waals surface area contributed by atoms with Gasteiger partial charge in [-0.3, -0.25) is 14.4 Å². The number of aromatic nitrogens is 6. The highest BCUT2D eigenvalue weighted by molar-refractivity contribution is 5.96. The molecule has 0 bridgehead atoms. The highest BCUT2D eigenvalue weighted by atomic mass is 19.4. The van der Waals surface area contributed by atoms with Gasteiger partial charge in [-0.05, 0) is 43.0 Å². The van der Waals surface area contributed by atoms with E-state index in [0.29, 0.717) is 37.5 Å². The fourth-order valence-corrected chi connectivity index (χ4v) is 6.05. The lowest BCUT2D eigenvalue weighted by molar-refractivity contribution is -0.140. The fraction of sp³-hybridized carbons (Fsp3) is 0.419. The Morgan fingerprint density at radius 2 is 1.88 bits per heavy atom. The molecule has 2 aliphatic rings. The third-order valence-electron chi connectivity index (χ3n) is 8.63. The van der Waals surface area contributed by atoms with E-state index in [4.69, 9.17) is 4.74 Å². The molecular formula is C31H33F4N9O5. The number of anilines is 2. The summed E-state index contributed by atoms with van der Waals surface area (Å²) < 4.78 is 63.3. The predicted molar refractivity (Wildman–Crippen MR) is 168 cm³/mol. The van der Waals surface area contributed by atoms with Crippen LogP contribution in [0.25, 0.3) is 11.4 Å². The van der Waals surface area contributed by atoms with Crippen LogP contribution in [-0.4, -0.2) is 90.2 Å². The highest BCUT2D eigenvalue weighted by Crippen LogP contribution is 2.34. The van der Waals surface area contributed by atoms with Crippen molar-refractivity contribution in [1.82, 2.24) is 33.8 Å². The third kappa shape index (κ3) is 6.34. The fourth-order valence-electron chi connectivity index (χ4n) is 6.05. The number of amides is 2. The van der Waals surface area contributed by atoms with Crippen LogP contribution in [0.2, 0.25) is 0 Å². The summed E-state index contributed by atoms with van der Waals surface area (Å²) in [7, 11) is 1.51. The zero-order chi connectivity index (χ0) is 35.2. The van der Waals surface area contributed by atoms with E-state index in [2.05, 4.69) is 20.5 Å². The van der Waals surface area contributed by atoms with E-state index in [0.717, 1.165) is 10.1 Å². The molecule has 0 unspecified atom stereocenters. The molecule has 0 spiro atoms. The second kappa shape index (κ2) is 13.0. The molecule has 1 aromatic carbocycles. The van der Waals surface area contributed by atoms with E-state index in [9.17, 15) is 37.1 Å². The number of carbonyl (C=O) groups is 2. The summed E-state index contributed by atoms with van der Waals surface area (Å²) in [4.78, 5) is 48.7. The number of aromatic hydroxyl groups is 1. The van der Waals surface area contributed by atoms with Crippen molar-refractivity contribution in [1.29, 1.82) is 0 Å². The molecule has 14 nitrogen and oxygen atoms in total. The second-order valence-electron chi connectivity index (χ2n) is 11.7. The lowest BCUT2D eigenvalue weighted by atomic mass is 10.1. The smallest absolute Gasteiger partial charge is 0.419 e. The maximum atomic E-state index is 14.4. The lowest BCUT2D eigenvalue weighted by Crippen LogP contribution is -2.50. The first-order valence-electron chi connectivity index (χ1n) is 15.5. The summed E-state index contributed by atoms with van der Waals surface area (Å²) in [6, 6.07) is 1.26. The Labute approximate surface area is 276 Å². The van der Waals surface area contributed by atoms with Crippen molar-refractivity contribution in [3.63, 3.8) is 0 Å². The molecule has 2 N–H and O–H groups in total. The minimum Gasteiger partial charge on any atom is -0.493 e. The van der Waals surface area contributed by atoms with Crippen LogP contribution in [0.15, 0.2) is 29.2 Å². The van der Waals surface area contributed by atoms with E-state index >= 15 is 0 Å². The van der Waals surface area contributed by atoms with E-state index in [1.54, 1.807) is 22.8 Å². The molecule has 260 valence electrons. The first-order valence-corrected chi connectivity index (χ1v) is 15.5. The monoisotopic (exact) mass is 687 g/mol.